The summed E-state index contributed by atoms with van der Waals surface area (Å²) >= 11 is 5.98. The number of aromatic nitrogens is 1. The third kappa shape index (κ3) is 3.79. The third-order valence-electron chi connectivity index (χ3n) is 2.70. The first kappa shape index (κ1) is 14.5. The second-order valence-corrected chi connectivity index (χ2v) is 5.16. The molecule has 0 fully saturated rings. The second kappa shape index (κ2) is 6.50. The van der Waals surface area contributed by atoms with E-state index < -0.39 is 0 Å². The summed E-state index contributed by atoms with van der Waals surface area (Å²) in [5.74, 6) is -0.259. The van der Waals surface area contributed by atoms with Crippen LogP contribution in [0.5, 0.6) is 0 Å². The molecule has 1 amide bonds. The summed E-state index contributed by atoms with van der Waals surface area (Å²) in [6, 6.07) is 9.33. The molecule has 0 unspecified atom stereocenters. The fourth-order valence-electron chi connectivity index (χ4n) is 1.86. The smallest absolute Gasteiger partial charge is 0.258 e. The number of carbonyl (C=O) groups excluding carboxylic acids is 1. The lowest BCUT2D eigenvalue weighted by molar-refractivity contribution is 0.102. The molecule has 2 rings (SSSR count). The molecular weight excluding hydrogens is 274 g/mol. The average Bonchev–Trinajstić information content (AvgIpc) is 2.38. The number of nitrogens with one attached hydrogen (secondary N) is 1. The summed E-state index contributed by atoms with van der Waals surface area (Å²) < 4.78 is 0. The highest BCUT2D eigenvalue weighted by Gasteiger charge is 2.10. The zero-order valence-corrected chi connectivity index (χ0v) is 12.2. The van der Waals surface area contributed by atoms with Crippen molar-refractivity contribution in [2.24, 2.45) is 0 Å². The van der Waals surface area contributed by atoms with E-state index in [0.717, 1.165) is 17.8 Å². The van der Waals surface area contributed by atoms with Gasteiger partial charge in [0, 0.05) is 24.6 Å². The van der Waals surface area contributed by atoms with Gasteiger partial charge in [-0.2, -0.15) is 0 Å². The molecule has 0 saturated heterocycles. The zero-order valence-electron chi connectivity index (χ0n) is 11.4. The molecule has 5 heteroatoms. The minimum Gasteiger partial charge on any atom is -0.322 e. The Morgan fingerprint density at radius 3 is 2.85 bits per heavy atom. The van der Waals surface area contributed by atoms with Crippen LogP contribution < -0.4 is 5.32 Å². The summed E-state index contributed by atoms with van der Waals surface area (Å²) in [6.07, 6.45) is 3.01. The number of halogens is 1. The van der Waals surface area contributed by atoms with Crippen LogP contribution in [0.3, 0.4) is 0 Å². The molecule has 0 saturated carbocycles. The molecule has 1 N–H and O–H groups in total. The number of amides is 1. The molecule has 1 aromatic heterocycles. The van der Waals surface area contributed by atoms with Crippen LogP contribution in [0.25, 0.3) is 0 Å². The highest BCUT2D eigenvalue weighted by Crippen LogP contribution is 2.17. The van der Waals surface area contributed by atoms with E-state index in [1.165, 1.54) is 6.20 Å². The lowest BCUT2D eigenvalue weighted by atomic mass is 10.2. The van der Waals surface area contributed by atoms with Crippen molar-refractivity contribution in [1.82, 2.24) is 9.88 Å². The Bertz CT molecular complexity index is 614. The van der Waals surface area contributed by atoms with Crippen molar-refractivity contribution in [3.05, 3.63) is 58.9 Å². The van der Waals surface area contributed by atoms with Gasteiger partial charge in [0.1, 0.15) is 0 Å². The topological polar surface area (TPSA) is 45.2 Å². The average molecular weight is 290 g/mol. The number of hydrogen-bond donors (Lipinski definition) is 1. The maximum absolute atomic E-state index is 12.1. The molecular formula is C15H16ClN3O. The molecule has 0 spiro atoms. The maximum Gasteiger partial charge on any atom is 0.258 e. The van der Waals surface area contributed by atoms with Gasteiger partial charge in [0.25, 0.3) is 5.91 Å². The monoisotopic (exact) mass is 289 g/mol. The number of pyridine rings is 1. The van der Waals surface area contributed by atoms with Crippen LogP contribution in [0.2, 0.25) is 5.02 Å². The maximum atomic E-state index is 12.1. The minimum atomic E-state index is -0.259. The van der Waals surface area contributed by atoms with E-state index in [-0.39, 0.29) is 5.91 Å². The summed E-state index contributed by atoms with van der Waals surface area (Å²) in [4.78, 5) is 18.1. The van der Waals surface area contributed by atoms with E-state index in [4.69, 9.17) is 11.6 Å². The third-order valence-corrected chi connectivity index (χ3v) is 3.03. The van der Waals surface area contributed by atoms with E-state index in [1.54, 1.807) is 12.3 Å². The first-order valence-electron chi connectivity index (χ1n) is 6.21. The first-order chi connectivity index (χ1) is 9.56. The fraction of sp³-hybridized carbons (Fsp3) is 0.200. The summed E-state index contributed by atoms with van der Waals surface area (Å²) in [7, 11) is 4.00. The van der Waals surface area contributed by atoms with E-state index in [0.29, 0.717) is 10.6 Å². The predicted molar refractivity (Wildman–Crippen MR) is 81.0 cm³/mol. The van der Waals surface area contributed by atoms with Crippen LogP contribution in [0.15, 0.2) is 42.7 Å². The lowest BCUT2D eigenvalue weighted by Gasteiger charge is -2.11. The zero-order chi connectivity index (χ0) is 14.5. The highest BCUT2D eigenvalue weighted by molar-refractivity contribution is 6.34. The number of hydrogen-bond acceptors (Lipinski definition) is 3. The Balaban J connectivity index is 2.14. The molecule has 0 radical (unpaired) electrons. The Hall–Kier alpha value is -1.91. The van der Waals surface area contributed by atoms with Crippen molar-refractivity contribution in [1.29, 1.82) is 0 Å². The molecule has 20 heavy (non-hydrogen) atoms. The van der Waals surface area contributed by atoms with Crippen LogP contribution in [0.4, 0.5) is 5.69 Å². The van der Waals surface area contributed by atoms with Crippen molar-refractivity contribution < 1.29 is 4.79 Å². The lowest BCUT2D eigenvalue weighted by Crippen LogP contribution is -2.14. The summed E-state index contributed by atoms with van der Waals surface area (Å²) in [5, 5.41) is 3.22. The predicted octanol–water partition coefficient (Wildman–Crippen LogP) is 3.05. The molecule has 0 atom stereocenters. The molecule has 0 bridgehead atoms. The van der Waals surface area contributed by atoms with Gasteiger partial charge in [0.2, 0.25) is 0 Å². The van der Waals surface area contributed by atoms with Crippen molar-refractivity contribution in [3.63, 3.8) is 0 Å². The van der Waals surface area contributed by atoms with Gasteiger partial charge in [-0.1, -0.05) is 23.7 Å². The Morgan fingerprint density at radius 1 is 1.35 bits per heavy atom. The normalized spacial score (nSPS) is 10.6. The Labute approximate surface area is 123 Å². The fourth-order valence-corrected chi connectivity index (χ4v) is 2.05. The van der Waals surface area contributed by atoms with Gasteiger partial charge >= 0.3 is 0 Å². The first-order valence-corrected chi connectivity index (χ1v) is 6.58. The summed E-state index contributed by atoms with van der Waals surface area (Å²) in [6.45, 7) is 0.817. The molecule has 1 heterocycles. The second-order valence-electron chi connectivity index (χ2n) is 4.75. The van der Waals surface area contributed by atoms with Crippen molar-refractivity contribution in [3.8, 4) is 0 Å². The number of anilines is 1. The molecule has 4 nitrogen and oxygen atoms in total. The quantitative estimate of drug-likeness (QED) is 0.941. The van der Waals surface area contributed by atoms with Gasteiger partial charge in [-0.3, -0.25) is 9.78 Å². The molecule has 1 aromatic carbocycles. The number of rotatable bonds is 4. The van der Waals surface area contributed by atoms with Gasteiger partial charge in [-0.05, 0) is 37.9 Å². The van der Waals surface area contributed by atoms with Crippen LogP contribution in [-0.4, -0.2) is 29.9 Å². The van der Waals surface area contributed by atoms with E-state index in [9.17, 15) is 4.79 Å². The number of benzene rings is 1. The van der Waals surface area contributed by atoms with Crippen molar-refractivity contribution in [2.45, 2.75) is 6.54 Å². The summed E-state index contributed by atoms with van der Waals surface area (Å²) in [5.41, 5.74) is 2.24. The molecule has 2 aromatic rings. The van der Waals surface area contributed by atoms with Crippen molar-refractivity contribution in [2.75, 3.05) is 19.4 Å². The Morgan fingerprint density at radius 2 is 2.15 bits per heavy atom. The SMILES string of the molecule is CN(C)Cc1cccc(NC(=O)c2cnccc2Cl)c1. The largest absolute Gasteiger partial charge is 0.322 e. The van der Waals surface area contributed by atoms with Crippen molar-refractivity contribution >= 4 is 23.2 Å². The van der Waals surface area contributed by atoms with Gasteiger partial charge in [0.15, 0.2) is 0 Å². The van der Waals surface area contributed by atoms with Gasteiger partial charge in [-0.25, -0.2) is 0 Å². The molecule has 0 aliphatic rings. The number of carbonyl (C=O) groups is 1. The van der Waals surface area contributed by atoms with Gasteiger partial charge in [-0.15, -0.1) is 0 Å². The van der Waals surface area contributed by atoms with Crippen LogP contribution in [0, 0.1) is 0 Å². The molecule has 0 aliphatic heterocycles. The Kier molecular flexibility index (Phi) is 4.71. The van der Waals surface area contributed by atoms with Crippen LogP contribution in [-0.2, 0) is 6.54 Å². The molecule has 104 valence electrons. The minimum absolute atomic E-state index is 0.259. The molecule has 0 aliphatic carbocycles. The van der Waals surface area contributed by atoms with Crippen LogP contribution >= 0.6 is 11.6 Å². The standard InChI is InChI=1S/C15H16ClN3O/c1-19(2)10-11-4-3-5-12(8-11)18-15(20)13-9-17-7-6-14(13)16/h3-9H,10H2,1-2H3,(H,18,20). The highest BCUT2D eigenvalue weighted by atomic mass is 35.5. The van der Waals surface area contributed by atoms with Crippen LogP contribution in [0.1, 0.15) is 15.9 Å². The van der Waals surface area contributed by atoms with E-state index >= 15 is 0 Å². The van der Waals surface area contributed by atoms with Gasteiger partial charge in [0.05, 0.1) is 10.6 Å². The number of nitrogens with zero attached hydrogens (tertiary/aromatic N) is 2. The van der Waals surface area contributed by atoms with E-state index in [2.05, 4.69) is 15.2 Å². The van der Waals surface area contributed by atoms with E-state index in [1.807, 2.05) is 38.4 Å². The van der Waals surface area contributed by atoms with Gasteiger partial charge < -0.3 is 10.2 Å².